The quantitative estimate of drug-likeness (QED) is 0.723. The summed E-state index contributed by atoms with van der Waals surface area (Å²) < 4.78 is 0. The van der Waals surface area contributed by atoms with Gasteiger partial charge in [0.1, 0.15) is 0 Å². The Hall–Kier alpha value is -0.590. The Morgan fingerprint density at radius 3 is 2.67 bits per heavy atom. The largest absolute Gasteiger partial charge is 0.396 e. The zero-order valence-corrected chi connectivity index (χ0v) is 9.58. The molecule has 15 heavy (non-hydrogen) atoms. The van der Waals surface area contributed by atoms with Crippen LogP contribution >= 0.6 is 0 Å². The van der Waals surface area contributed by atoms with Gasteiger partial charge in [0.05, 0.1) is 12.0 Å². The average molecular weight is 210 g/mol. The number of rotatable bonds is 5. The van der Waals surface area contributed by atoms with Crippen LogP contribution in [0.2, 0.25) is 0 Å². The van der Waals surface area contributed by atoms with E-state index >= 15 is 0 Å². The summed E-state index contributed by atoms with van der Waals surface area (Å²) in [6.07, 6.45) is 4.93. The molecule has 0 aromatic rings. The minimum absolute atomic E-state index is 0.0844. The van der Waals surface area contributed by atoms with Crippen LogP contribution in [0.4, 0.5) is 0 Å². The zero-order valence-electron chi connectivity index (χ0n) is 9.58. The molecule has 0 amide bonds. The molecule has 0 aromatic carbocycles. The molecule has 0 spiro atoms. The van der Waals surface area contributed by atoms with Crippen molar-refractivity contribution in [2.24, 2.45) is 17.8 Å². The standard InChI is InChI=1S/C12H22N2O/c1-10(6-13)7-14-8-11-4-2-3-5-12(11)9-15/h10-12,14-15H,2-5,7-9H2,1H3. The van der Waals surface area contributed by atoms with E-state index in [1.807, 2.05) is 6.92 Å². The molecule has 3 unspecified atom stereocenters. The Labute approximate surface area is 92.5 Å². The molecule has 1 aliphatic rings. The van der Waals surface area contributed by atoms with Crippen LogP contribution < -0.4 is 5.32 Å². The van der Waals surface area contributed by atoms with Crippen molar-refractivity contribution in [2.75, 3.05) is 19.7 Å². The van der Waals surface area contributed by atoms with Crippen LogP contribution in [-0.2, 0) is 0 Å². The van der Waals surface area contributed by atoms with E-state index in [4.69, 9.17) is 5.26 Å². The number of hydrogen-bond donors (Lipinski definition) is 2. The van der Waals surface area contributed by atoms with Crippen LogP contribution in [0.3, 0.4) is 0 Å². The fourth-order valence-electron chi connectivity index (χ4n) is 2.32. The average Bonchev–Trinajstić information content (AvgIpc) is 2.29. The lowest BCUT2D eigenvalue weighted by atomic mass is 9.79. The molecule has 1 saturated carbocycles. The van der Waals surface area contributed by atoms with Gasteiger partial charge < -0.3 is 10.4 Å². The fourth-order valence-corrected chi connectivity index (χ4v) is 2.32. The van der Waals surface area contributed by atoms with Crippen molar-refractivity contribution in [3.05, 3.63) is 0 Å². The molecule has 3 heteroatoms. The summed E-state index contributed by atoms with van der Waals surface area (Å²) >= 11 is 0. The summed E-state index contributed by atoms with van der Waals surface area (Å²) in [5.74, 6) is 1.17. The summed E-state index contributed by atoms with van der Waals surface area (Å²) in [5.41, 5.74) is 0. The summed E-state index contributed by atoms with van der Waals surface area (Å²) in [6, 6.07) is 2.22. The van der Waals surface area contributed by atoms with E-state index in [1.165, 1.54) is 19.3 Å². The molecule has 1 fully saturated rings. The summed E-state index contributed by atoms with van der Waals surface area (Å²) in [7, 11) is 0. The van der Waals surface area contributed by atoms with E-state index in [0.29, 0.717) is 18.4 Å². The van der Waals surface area contributed by atoms with Crippen LogP contribution in [0.25, 0.3) is 0 Å². The number of aliphatic hydroxyl groups excluding tert-OH is 1. The van der Waals surface area contributed by atoms with Crippen LogP contribution in [0.1, 0.15) is 32.6 Å². The van der Waals surface area contributed by atoms with Crippen molar-refractivity contribution in [3.8, 4) is 6.07 Å². The molecular weight excluding hydrogens is 188 g/mol. The summed E-state index contributed by atoms with van der Waals surface area (Å²) in [4.78, 5) is 0. The second-order valence-corrected chi connectivity index (χ2v) is 4.68. The number of nitrogens with one attached hydrogen (secondary N) is 1. The molecule has 0 bridgehead atoms. The molecule has 0 aromatic heterocycles. The Bertz CT molecular complexity index is 212. The van der Waals surface area contributed by atoms with Gasteiger partial charge in [-0.15, -0.1) is 0 Å². The van der Waals surface area contributed by atoms with Crippen LogP contribution in [-0.4, -0.2) is 24.8 Å². The van der Waals surface area contributed by atoms with Crippen molar-refractivity contribution >= 4 is 0 Å². The minimum atomic E-state index is 0.0844. The number of hydrogen-bond acceptors (Lipinski definition) is 3. The third-order valence-corrected chi connectivity index (χ3v) is 3.38. The van der Waals surface area contributed by atoms with Crippen molar-refractivity contribution in [3.63, 3.8) is 0 Å². The van der Waals surface area contributed by atoms with Gasteiger partial charge in [-0.2, -0.15) is 5.26 Å². The zero-order chi connectivity index (χ0) is 11.1. The van der Waals surface area contributed by atoms with Gasteiger partial charge in [-0.1, -0.05) is 12.8 Å². The molecule has 0 saturated heterocycles. The predicted molar refractivity (Wildman–Crippen MR) is 60.2 cm³/mol. The Morgan fingerprint density at radius 2 is 2.07 bits per heavy atom. The second kappa shape index (κ2) is 6.81. The van der Waals surface area contributed by atoms with Crippen LogP contribution in [0.15, 0.2) is 0 Å². The third-order valence-electron chi connectivity index (χ3n) is 3.38. The molecule has 2 N–H and O–H groups in total. The lowest BCUT2D eigenvalue weighted by molar-refractivity contribution is 0.133. The van der Waals surface area contributed by atoms with Gasteiger partial charge >= 0.3 is 0 Å². The molecular formula is C12H22N2O. The highest BCUT2D eigenvalue weighted by Gasteiger charge is 2.23. The van der Waals surface area contributed by atoms with E-state index in [-0.39, 0.29) is 5.92 Å². The summed E-state index contributed by atoms with van der Waals surface area (Å²) in [5, 5.41) is 21.2. The maximum absolute atomic E-state index is 9.24. The first-order chi connectivity index (χ1) is 7.27. The Kier molecular flexibility index (Phi) is 5.67. The lowest BCUT2D eigenvalue weighted by Gasteiger charge is -2.30. The van der Waals surface area contributed by atoms with Gasteiger partial charge in [-0.05, 0) is 38.1 Å². The molecule has 3 nitrogen and oxygen atoms in total. The Morgan fingerprint density at radius 1 is 1.40 bits per heavy atom. The highest BCUT2D eigenvalue weighted by atomic mass is 16.3. The van der Waals surface area contributed by atoms with Crippen molar-refractivity contribution in [2.45, 2.75) is 32.6 Å². The first kappa shape index (κ1) is 12.5. The van der Waals surface area contributed by atoms with Crippen LogP contribution in [0.5, 0.6) is 0 Å². The smallest absolute Gasteiger partial charge is 0.0666 e. The fraction of sp³-hybridized carbons (Fsp3) is 0.917. The van der Waals surface area contributed by atoms with Gasteiger partial charge in [0.15, 0.2) is 0 Å². The van der Waals surface area contributed by atoms with E-state index < -0.39 is 0 Å². The maximum atomic E-state index is 9.24. The number of nitriles is 1. The molecule has 0 radical (unpaired) electrons. The number of aliphatic hydroxyl groups is 1. The SMILES string of the molecule is CC(C#N)CNCC1CCCCC1CO. The maximum Gasteiger partial charge on any atom is 0.0666 e. The van der Waals surface area contributed by atoms with E-state index in [1.54, 1.807) is 0 Å². The minimum Gasteiger partial charge on any atom is -0.396 e. The predicted octanol–water partition coefficient (Wildman–Crippen LogP) is 1.53. The molecule has 1 aliphatic carbocycles. The van der Waals surface area contributed by atoms with Gasteiger partial charge in [0.2, 0.25) is 0 Å². The Balaban J connectivity index is 2.21. The van der Waals surface area contributed by atoms with Crippen LogP contribution in [0, 0.1) is 29.1 Å². The highest BCUT2D eigenvalue weighted by Crippen LogP contribution is 2.28. The van der Waals surface area contributed by atoms with Gasteiger partial charge in [-0.25, -0.2) is 0 Å². The molecule has 0 aliphatic heterocycles. The normalized spacial score (nSPS) is 28.3. The second-order valence-electron chi connectivity index (χ2n) is 4.68. The molecule has 0 heterocycles. The lowest BCUT2D eigenvalue weighted by Crippen LogP contribution is -2.34. The molecule has 86 valence electrons. The van der Waals surface area contributed by atoms with Gasteiger partial charge in [-0.3, -0.25) is 0 Å². The van der Waals surface area contributed by atoms with Crippen molar-refractivity contribution in [1.82, 2.24) is 5.32 Å². The first-order valence-electron chi connectivity index (χ1n) is 5.99. The first-order valence-corrected chi connectivity index (χ1v) is 5.99. The monoisotopic (exact) mass is 210 g/mol. The highest BCUT2D eigenvalue weighted by molar-refractivity contribution is 4.82. The topological polar surface area (TPSA) is 56.0 Å². The van der Waals surface area contributed by atoms with Crippen molar-refractivity contribution in [1.29, 1.82) is 5.26 Å². The summed E-state index contributed by atoms with van der Waals surface area (Å²) in [6.45, 7) is 3.97. The molecule has 1 rings (SSSR count). The van der Waals surface area contributed by atoms with Crippen molar-refractivity contribution < 1.29 is 5.11 Å². The van der Waals surface area contributed by atoms with Gasteiger partial charge in [0, 0.05) is 13.2 Å². The van der Waals surface area contributed by atoms with E-state index in [0.717, 1.165) is 19.5 Å². The van der Waals surface area contributed by atoms with Gasteiger partial charge in [0.25, 0.3) is 0 Å². The van der Waals surface area contributed by atoms with E-state index in [2.05, 4.69) is 11.4 Å². The van der Waals surface area contributed by atoms with E-state index in [9.17, 15) is 5.11 Å². The molecule has 3 atom stereocenters. The third kappa shape index (κ3) is 4.19. The number of nitrogens with zero attached hydrogens (tertiary/aromatic N) is 1.